The van der Waals surface area contributed by atoms with Crippen LogP contribution < -0.4 is 4.72 Å². The van der Waals surface area contributed by atoms with Gasteiger partial charge in [0.05, 0.1) is 16.3 Å². The lowest BCUT2D eigenvalue weighted by Crippen LogP contribution is -2.14. The second-order valence-electron chi connectivity index (χ2n) is 4.62. The number of hydrogen-bond donors (Lipinski definition) is 1. The third-order valence-electron chi connectivity index (χ3n) is 3.20. The molecule has 3 rings (SSSR count). The molecule has 3 aromatic rings. The minimum atomic E-state index is -3.63. The van der Waals surface area contributed by atoms with Gasteiger partial charge in [0.25, 0.3) is 10.0 Å². The summed E-state index contributed by atoms with van der Waals surface area (Å²) in [5, 5.41) is 11.0. The lowest BCUT2D eigenvalue weighted by molar-refractivity contribution is 0.601. The monoisotopic (exact) mass is 315 g/mol. The summed E-state index contributed by atoms with van der Waals surface area (Å²) < 4.78 is 28.9. The summed E-state index contributed by atoms with van der Waals surface area (Å²) in [4.78, 5) is 0.210. The number of aromatic nitrogens is 4. The first-order valence-electron chi connectivity index (χ1n) is 6.49. The highest BCUT2D eigenvalue weighted by molar-refractivity contribution is 7.92. The van der Waals surface area contributed by atoms with Crippen molar-refractivity contribution in [2.45, 2.75) is 11.8 Å². The Labute approximate surface area is 127 Å². The van der Waals surface area contributed by atoms with Crippen LogP contribution in [0.15, 0.2) is 59.8 Å². The number of nitrogens with one attached hydrogen (secondary N) is 1. The van der Waals surface area contributed by atoms with Crippen molar-refractivity contribution in [3.63, 3.8) is 0 Å². The van der Waals surface area contributed by atoms with Gasteiger partial charge in [-0.25, -0.2) is 13.1 Å². The summed E-state index contributed by atoms with van der Waals surface area (Å²) in [6.45, 7) is 1.81. The van der Waals surface area contributed by atoms with Crippen molar-refractivity contribution < 1.29 is 8.42 Å². The third-order valence-corrected chi connectivity index (χ3v) is 4.58. The SMILES string of the molecule is Cc1c(NS(=O)(=O)c2ccccc2)cccc1-n1cnnn1. The Morgan fingerprint density at radius 1 is 1.05 bits per heavy atom. The topological polar surface area (TPSA) is 89.8 Å². The molecule has 0 saturated heterocycles. The van der Waals surface area contributed by atoms with Gasteiger partial charge in [0.15, 0.2) is 0 Å². The van der Waals surface area contributed by atoms with E-state index in [1.165, 1.54) is 11.0 Å². The van der Waals surface area contributed by atoms with Crippen LogP contribution in [-0.4, -0.2) is 28.6 Å². The van der Waals surface area contributed by atoms with Gasteiger partial charge < -0.3 is 0 Å². The first kappa shape index (κ1) is 14.2. The number of rotatable bonds is 4. The average molecular weight is 315 g/mol. The molecule has 1 N–H and O–H groups in total. The molecule has 0 aliphatic heterocycles. The number of benzene rings is 2. The Morgan fingerprint density at radius 3 is 2.50 bits per heavy atom. The molecule has 0 unspecified atom stereocenters. The molecule has 0 amide bonds. The fourth-order valence-electron chi connectivity index (χ4n) is 2.06. The summed E-state index contributed by atoms with van der Waals surface area (Å²) in [5.74, 6) is 0. The van der Waals surface area contributed by atoms with Crippen LogP contribution in [0.25, 0.3) is 5.69 Å². The van der Waals surface area contributed by atoms with E-state index in [0.717, 1.165) is 5.56 Å². The number of anilines is 1. The first-order chi connectivity index (χ1) is 10.6. The zero-order valence-corrected chi connectivity index (χ0v) is 12.5. The van der Waals surface area contributed by atoms with Gasteiger partial charge in [-0.05, 0) is 47.2 Å². The van der Waals surface area contributed by atoms with Gasteiger partial charge in [0.2, 0.25) is 0 Å². The Balaban J connectivity index is 1.99. The van der Waals surface area contributed by atoms with E-state index in [0.29, 0.717) is 11.4 Å². The summed E-state index contributed by atoms with van der Waals surface area (Å²) in [7, 11) is -3.63. The molecule has 0 aliphatic carbocycles. The van der Waals surface area contributed by atoms with Crippen LogP contribution in [0.3, 0.4) is 0 Å². The predicted octanol–water partition coefficient (Wildman–Crippen LogP) is 1.77. The maximum absolute atomic E-state index is 12.4. The molecule has 0 radical (unpaired) electrons. The normalized spacial score (nSPS) is 11.3. The molecule has 0 fully saturated rings. The van der Waals surface area contributed by atoms with Gasteiger partial charge >= 0.3 is 0 Å². The van der Waals surface area contributed by atoms with E-state index in [9.17, 15) is 8.42 Å². The van der Waals surface area contributed by atoms with Crippen molar-refractivity contribution in [1.82, 2.24) is 20.2 Å². The van der Waals surface area contributed by atoms with E-state index < -0.39 is 10.0 Å². The highest BCUT2D eigenvalue weighted by Crippen LogP contribution is 2.24. The minimum absolute atomic E-state index is 0.210. The zero-order valence-electron chi connectivity index (χ0n) is 11.7. The van der Waals surface area contributed by atoms with Crippen molar-refractivity contribution >= 4 is 15.7 Å². The molecule has 1 heterocycles. The quantitative estimate of drug-likeness (QED) is 0.792. The minimum Gasteiger partial charge on any atom is -0.279 e. The highest BCUT2D eigenvalue weighted by atomic mass is 32.2. The Morgan fingerprint density at radius 2 is 1.82 bits per heavy atom. The highest BCUT2D eigenvalue weighted by Gasteiger charge is 2.16. The molecule has 112 valence electrons. The fourth-order valence-corrected chi connectivity index (χ4v) is 3.20. The summed E-state index contributed by atoms with van der Waals surface area (Å²) in [6, 6.07) is 13.5. The van der Waals surface area contributed by atoms with E-state index in [1.807, 2.05) is 6.07 Å². The second kappa shape index (κ2) is 5.57. The summed E-state index contributed by atoms with van der Waals surface area (Å²) >= 11 is 0. The summed E-state index contributed by atoms with van der Waals surface area (Å²) in [6.07, 6.45) is 1.46. The van der Waals surface area contributed by atoms with Crippen molar-refractivity contribution in [3.05, 3.63) is 60.4 Å². The largest absolute Gasteiger partial charge is 0.279 e. The van der Waals surface area contributed by atoms with Gasteiger partial charge in [0, 0.05) is 0 Å². The molecule has 8 heteroatoms. The van der Waals surface area contributed by atoms with Crippen molar-refractivity contribution in [2.75, 3.05) is 4.72 Å². The van der Waals surface area contributed by atoms with Crippen LogP contribution in [0.4, 0.5) is 5.69 Å². The maximum atomic E-state index is 12.4. The second-order valence-corrected chi connectivity index (χ2v) is 6.31. The Kier molecular flexibility index (Phi) is 3.60. The molecule has 2 aromatic carbocycles. The van der Waals surface area contributed by atoms with Gasteiger partial charge in [0.1, 0.15) is 6.33 Å². The van der Waals surface area contributed by atoms with Crippen LogP contribution in [0, 0.1) is 6.92 Å². The van der Waals surface area contributed by atoms with Crippen molar-refractivity contribution in [2.24, 2.45) is 0 Å². The molecule has 1 aromatic heterocycles. The Bertz CT molecular complexity index is 877. The summed E-state index contributed by atoms with van der Waals surface area (Å²) in [5.41, 5.74) is 1.92. The molecular weight excluding hydrogens is 302 g/mol. The fraction of sp³-hybridized carbons (Fsp3) is 0.0714. The number of tetrazole rings is 1. The smallest absolute Gasteiger partial charge is 0.261 e. The van der Waals surface area contributed by atoms with E-state index >= 15 is 0 Å². The van der Waals surface area contributed by atoms with Gasteiger partial charge in [-0.15, -0.1) is 5.10 Å². The maximum Gasteiger partial charge on any atom is 0.261 e. The molecule has 0 atom stereocenters. The van der Waals surface area contributed by atoms with Crippen LogP contribution in [0.2, 0.25) is 0 Å². The van der Waals surface area contributed by atoms with Crippen LogP contribution >= 0.6 is 0 Å². The standard InChI is InChI=1S/C14H13N5O2S/c1-11-13(8-5-9-14(11)19-10-15-17-18-19)16-22(20,21)12-6-3-2-4-7-12/h2-10,16H,1H3. The average Bonchev–Trinajstić information content (AvgIpc) is 3.04. The number of hydrogen-bond acceptors (Lipinski definition) is 5. The van der Waals surface area contributed by atoms with Crippen LogP contribution in [0.5, 0.6) is 0 Å². The van der Waals surface area contributed by atoms with Gasteiger partial charge in [-0.3, -0.25) is 4.72 Å². The number of nitrogens with zero attached hydrogens (tertiary/aromatic N) is 4. The third kappa shape index (κ3) is 2.68. The molecule has 22 heavy (non-hydrogen) atoms. The number of sulfonamides is 1. The molecule has 0 aliphatic rings. The molecular formula is C14H13N5O2S. The van der Waals surface area contributed by atoms with Crippen molar-refractivity contribution in [1.29, 1.82) is 0 Å². The Hall–Kier alpha value is -2.74. The molecule has 7 nitrogen and oxygen atoms in total. The van der Waals surface area contributed by atoms with E-state index in [4.69, 9.17) is 0 Å². The molecule has 0 spiro atoms. The molecule has 0 saturated carbocycles. The van der Waals surface area contributed by atoms with Gasteiger partial charge in [-0.1, -0.05) is 24.3 Å². The van der Waals surface area contributed by atoms with Gasteiger partial charge in [-0.2, -0.15) is 0 Å². The van der Waals surface area contributed by atoms with E-state index in [-0.39, 0.29) is 4.90 Å². The first-order valence-corrected chi connectivity index (χ1v) is 7.97. The van der Waals surface area contributed by atoms with Crippen molar-refractivity contribution in [3.8, 4) is 5.69 Å². The predicted molar refractivity (Wildman–Crippen MR) is 81.1 cm³/mol. The van der Waals surface area contributed by atoms with Crippen LogP contribution in [-0.2, 0) is 10.0 Å². The zero-order chi connectivity index (χ0) is 15.6. The van der Waals surface area contributed by atoms with Crippen LogP contribution in [0.1, 0.15) is 5.56 Å². The lowest BCUT2D eigenvalue weighted by atomic mass is 10.1. The lowest BCUT2D eigenvalue weighted by Gasteiger charge is -2.13. The van der Waals surface area contributed by atoms with E-state index in [1.54, 1.807) is 49.4 Å². The molecule has 0 bridgehead atoms. The van der Waals surface area contributed by atoms with E-state index in [2.05, 4.69) is 20.2 Å².